The number of rotatable bonds is 3. The maximum atomic E-state index is 12.8. The molecule has 1 fully saturated rings. The fourth-order valence-corrected chi connectivity index (χ4v) is 2.57. The molecule has 1 aliphatic rings. The van der Waals surface area contributed by atoms with E-state index in [1.165, 1.54) is 0 Å². The molecule has 0 aromatic heterocycles. The molecule has 2 atom stereocenters. The molecule has 0 spiro atoms. The maximum absolute atomic E-state index is 12.8. The second kappa shape index (κ2) is 5.82. The van der Waals surface area contributed by atoms with Gasteiger partial charge in [0.25, 0.3) is 5.79 Å². The summed E-state index contributed by atoms with van der Waals surface area (Å²) in [6, 6.07) is -0.984. The van der Waals surface area contributed by atoms with E-state index in [9.17, 15) is 33.0 Å². The van der Waals surface area contributed by atoms with E-state index in [4.69, 9.17) is 9.84 Å². The summed E-state index contributed by atoms with van der Waals surface area (Å²) in [6.07, 6.45) is -8.07. The van der Waals surface area contributed by atoms with Crippen molar-refractivity contribution in [2.45, 2.75) is 63.6 Å². The van der Waals surface area contributed by atoms with E-state index in [-0.39, 0.29) is 6.42 Å². The van der Waals surface area contributed by atoms with Crippen LogP contribution < -0.4 is 5.32 Å². The van der Waals surface area contributed by atoms with Crippen molar-refractivity contribution >= 4 is 12.1 Å². The molecule has 0 bridgehead atoms. The van der Waals surface area contributed by atoms with Crippen LogP contribution in [-0.2, 0) is 9.53 Å². The molecule has 0 aromatic carbocycles. The number of ether oxygens (including phenoxy) is 1. The van der Waals surface area contributed by atoms with E-state index in [0.717, 1.165) is 0 Å². The molecule has 0 aromatic rings. The highest BCUT2D eigenvalue weighted by Crippen LogP contribution is 2.52. The number of alkyl halides is 3. The molecule has 0 aliphatic heterocycles. The summed E-state index contributed by atoms with van der Waals surface area (Å²) in [5.74, 6) is -6.40. The Hall–Kier alpha value is -1.55. The smallest absolute Gasteiger partial charge is 0.444 e. The van der Waals surface area contributed by atoms with Gasteiger partial charge in [-0.15, -0.1) is 0 Å². The van der Waals surface area contributed by atoms with Crippen LogP contribution in [-0.4, -0.2) is 51.0 Å². The molecule has 2 unspecified atom stereocenters. The van der Waals surface area contributed by atoms with Gasteiger partial charge in [-0.25, -0.2) is 4.79 Å². The molecule has 0 saturated heterocycles. The van der Waals surface area contributed by atoms with Crippen molar-refractivity contribution < 1.29 is 42.8 Å². The van der Waals surface area contributed by atoms with Gasteiger partial charge in [0.2, 0.25) is 0 Å². The number of amides is 1. The average molecular weight is 343 g/mol. The molecule has 1 rings (SSSR count). The monoisotopic (exact) mass is 343 g/mol. The third-order valence-corrected chi connectivity index (χ3v) is 3.71. The Bertz CT molecular complexity index is 485. The second-order valence-corrected chi connectivity index (χ2v) is 6.64. The number of aliphatic hydroxyl groups is 2. The number of alkyl carbamates (subject to hydrolysis) is 1. The zero-order valence-electron chi connectivity index (χ0n) is 12.9. The van der Waals surface area contributed by atoms with Crippen LogP contribution in [0.3, 0.4) is 0 Å². The molecule has 0 heterocycles. The number of hydrogen-bond acceptors (Lipinski definition) is 5. The van der Waals surface area contributed by atoms with Gasteiger partial charge in [0.05, 0.1) is 0 Å². The maximum Gasteiger partial charge on any atom is 0.444 e. The average Bonchev–Trinajstić information content (AvgIpc) is 2.70. The number of aliphatic carboxylic acids is 1. The molecule has 10 heteroatoms. The van der Waals surface area contributed by atoms with E-state index in [2.05, 4.69) is 5.32 Å². The van der Waals surface area contributed by atoms with Crippen molar-refractivity contribution in [3.8, 4) is 0 Å². The third-order valence-electron chi connectivity index (χ3n) is 3.71. The Kier molecular flexibility index (Phi) is 4.94. The first-order chi connectivity index (χ1) is 10.1. The van der Waals surface area contributed by atoms with E-state index in [0.29, 0.717) is 0 Å². The Labute approximate surface area is 130 Å². The zero-order chi connectivity index (χ0) is 18.3. The van der Waals surface area contributed by atoms with Crippen LogP contribution in [0.15, 0.2) is 0 Å². The lowest BCUT2D eigenvalue weighted by molar-refractivity contribution is -0.387. The fourth-order valence-electron chi connectivity index (χ4n) is 2.57. The lowest BCUT2D eigenvalue weighted by atomic mass is 9.76. The first-order valence-corrected chi connectivity index (χ1v) is 6.87. The van der Waals surface area contributed by atoms with Crippen LogP contribution >= 0.6 is 0 Å². The highest BCUT2D eigenvalue weighted by Gasteiger charge is 2.71. The van der Waals surface area contributed by atoms with Crippen molar-refractivity contribution in [3.05, 3.63) is 0 Å². The summed E-state index contributed by atoms with van der Waals surface area (Å²) >= 11 is 0. The SMILES string of the molecule is CC(C)(C)OC(=O)NC1CCC(C(=O)O)(C(O)(O)C(F)(F)F)C1. The summed E-state index contributed by atoms with van der Waals surface area (Å²) in [5.41, 5.74) is -3.69. The summed E-state index contributed by atoms with van der Waals surface area (Å²) < 4.78 is 43.4. The highest BCUT2D eigenvalue weighted by molar-refractivity contribution is 5.77. The molecule has 134 valence electrons. The van der Waals surface area contributed by atoms with E-state index < -0.39 is 53.9 Å². The Morgan fingerprint density at radius 2 is 1.74 bits per heavy atom. The fraction of sp³-hybridized carbons (Fsp3) is 0.846. The molecule has 1 aliphatic carbocycles. The van der Waals surface area contributed by atoms with Crippen LogP contribution in [0.1, 0.15) is 40.0 Å². The number of carboxylic acid groups (broad SMARTS) is 1. The number of carbonyl (C=O) groups excluding carboxylic acids is 1. The van der Waals surface area contributed by atoms with E-state index >= 15 is 0 Å². The van der Waals surface area contributed by atoms with Crippen molar-refractivity contribution in [1.82, 2.24) is 5.32 Å². The van der Waals surface area contributed by atoms with Crippen molar-refractivity contribution in [3.63, 3.8) is 0 Å². The van der Waals surface area contributed by atoms with Crippen molar-refractivity contribution in [2.24, 2.45) is 5.41 Å². The highest BCUT2D eigenvalue weighted by atomic mass is 19.4. The zero-order valence-corrected chi connectivity index (χ0v) is 12.9. The molecular formula is C13H20F3NO6. The molecule has 1 saturated carbocycles. The van der Waals surface area contributed by atoms with E-state index in [1.807, 2.05) is 0 Å². The van der Waals surface area contributed by atoms with Crippen LogP contribution in [0, 0.1) is 5.41 Å². The van der Waals surface area contributed by atoms with Gasteiger partial charge in [-0.1, -0.05) is 0 Å². The van der Waals surface area contributed by atoms with Gasteiger partial charge in [0.1, 0.15) is 11.0 Å². The lowest BCUT2D eigenvalue weighted by Crippen LogP contribution is -2.61. The number of hydrogen-bond donors (Lipinski definition) is 4. The third kappa shape index (κ3) is 3.86. The first-order valence-electron chi connectivity index (χ1n) is 6.87. The molecule has 7 nitrogen and oxygen atoms in total. The predicted octanol–water partition coefficient (Wildman–Crippen LogP) is 1.38. The van der Waals surface area contributed by atoms with Gasteiger partial charge in [-0.05, 0) is 40.0 Å². The number of carbonyl (C=O) groups is 2. The van der Waals surface area contributed by atoms with Gasteiger partial charge in [-0.3, -0.25) is 4.79 Å². The molecule has 23 heavy (non-hydrogen) atoms. The normalized spacial score (nSPS) is 26.0. The topological polar surface area (TPSA) is 116 Å². The largest absolute Gasteiger partial charge is 0.481 e. The van der Waals surface area contributed by atoms with Crippen LogP contribution in [0.25, 0.3) is 0 Å². The Morgan fingerprint density at radius 1 is 1.22 bits per heavy atom. The van der Waals surface area contributed by atoms with Crippen molar-refractivity contribution in [1.29, 1.82) is 0 Å². The van der Waals surface area contributed by atoms with Crippen LogP contribution in [0.4, 0.5) is 18.0 Å². The van der Waals surface area contributed by atoms with Gasteiger partial charge in [0, 0.05) is 6.04 Å². The lowest BCUT2D eigenvalue weighted by Gasteiger charge is -2.38. The summed E-state index contributed by atoms with van der Waals surface area (Å²) in [7, 11) is 0. The quantitative estimate of drug-likeness (QED) is 0.575. The molecule has 1 amide bonds. The minimum Gasteiger partial charge on any atom is -0.481 e. The summed E-state index contributed by atoms with van der Waals surface area (Å²) in [4.78, 5) is 22.9. The minimum atomic E-state index is -5.55. The summed E-state index contributed by atoms with van der Waals surface area (Å²) in [5, 5.41) is 30.2. The number of nitrogens with one attached hydrogen (secondary N) is 1. The van der Waals surface area contributed by atoms with Crippen LogP contribution in [0.5, 0.6) is 0 Å². The molecule has 0 radical (unpaired) electrons. The first kappa shape index (κ1) is 19.5. The Morgan fingerprint density at radius 3 is 2.13 bits per heavy atom. The predicted molar refractivity (Wildman–Crippen MR) is 70.3 cm³/mol. The van der Waals surface area contributed by atoms with Crippen LogP contribution in [0.2, 0.25) is 0 Å². The van der Waals surface area contributed by atoms with Gasteiger partial charge < -0.3 is 25.4 Å². The number of carboxylic acids is 1. The number of halogens is 3. The minimum absolute atomic E-state index is 0.162. The van der Waals surface area contributed by atoms with Gasteiger partial charge in [0.15, 0.2) is 0 Å². The Balaban J connectivity index is 2.93. The molecule has 4 N–H and O–H groups in total. The van der Waals surface area contributed by atoms with E-state index in [1.54, 1.807) is 20.8 Å². The van der Waals surface area contributed by atoms with Crippen molar-refractivity contribution in [2.75, 3.05) is 0 Å². The second-order valence-electron chi connectivity index (χ2n) is 6.64. The van der Waals surface area contributed by atoms with Gasteiger partial charge >= 0.3 is 18.2 Å². The standard InChI is InChI=1S/C13H20F3NO6/c1-10(2,3)23-9(20)17-7-4-5-11(6-7,8(18)19)12(21,22)13(14,15)16/h7,21-22H,4-6H2,1-3H3,(H,17,20)(H,18,19). The summed E-state index contributed by atoms with van der Waals surface area (Å²) in [6.45, 7) is 4.75. The molecular weight excluding hydrogens is 323 g/mol. The van der Waals surface area contributed by atoms with Gasteiger partial charge in [-0.2, -0.15) is 13.2 Å².